The van der Waals surface area contributed by atoms with Crippen molar-refractivity contribution in [2.75, 3.05) is 18.6 Å². The van der Waals surface area contributed by atoms with Crippen LogP contribution in [-0.2, 0) is 17.8 Å². The minimum Gasteiger partial charge on any atom is -0.340 e. The summed E-state index contributed by atoms with van der Waals surface area (Å²) < 4.78 is 0.727. The molecule has 0 radical (unpaired) electrons. The number of benzene rings is 2. The fourth-order valence-electron chi connectivity index (χ4n) is 3.28. The zero-order valence-corrected chi connectivity index (χ0v) is 17.7. The molecule has 0 saturated carbocycles. The van der Waals surface area contributed by atoms with Gasteiger partial charge in [-0.25, -0.2) is 0 Å². The van der Waals surface area contributed by atoms with E-state index in [2.05, 4.69) is 33.4 Å². The molecule has 1 N–H and O–H groups in total. The van der Waals surface area contributed by atoms with Crippen molar-refractivity contribution in [3.05, 3.63) is 69.7 Å². The summed E-state index contributed by atoms with van der Waals surface area (Å²) in [7, 11) is 0. The Morgan fingerprint density at radius 1 is 1.15 bits per heavy atom. The van der Waals surface area contributed by atoms with Crippen molar-refractivity contribution in [3.63, 3.8) is 0 Å². The van der Waals surface area contributed by atoms with E-state index in [0.717, 1.165) is 16.6 Å². The Balaban J connectivity index is 1.73. The van der Waals surface area contributed by atoms with Crippen LogP contribution in [-0.4, -0.2) is 41.3 Å². The SMILES string of the molecule is CSCC[C@H](NC(=O)c1ccccc1Br)C(=O)N1CCc2ccccc2C1. The number of rotatable bonds is 6. The molecule has 1 aliphatic heterocycles. The third-order valence-electron chi connectivity index (χ3n) is 4.77. The predicted octanol–water partition coefficient (Wildman–Crippen LogP) is 3.89. The van der Waals surface area contributed by atoms with Gasteiger partial charge < -0.3 is 10.2 Å². The Morgan fingerprint density at radius 3 is 2.59 bits per heavy atom. The number of hydrogen-bond acceptors (Lipinski definition) is 3. The van der Waals surface area contributed by atoms with Crippen molar-refractivity contribution in [2.24, 2.45) is 0 Å². The third kappa shape index (κ3) is 4.93. The molecule has 6 heteroatoms. The smallest absolute Gasteiger partial charge is 0.253 e. The van der Waals surface area contributed by atoms with E-state index in [-0.39, 0.29) is 11.8 Å². The van der Waals surface area contributed by atoms with E-state index in [4.69, 9.17) is 0 Å². The van der Waals surface area contributed by atoms with Crippen LogP contribution in [0.4, 0.5) is 0 Å². The molecule has 2 aromatic rings. The maximum Gasteiger partial charge on any atom is 0.253 e. The zero-order valence-electron chi connectivity index (χ0n) is 15.3. The summed E-state index contributed by atoms with van der Waals surface area (Å²) in [4.78, 5) is 27.7. The molecule has 4 nitrogen and oxygen atoms in total. The lowest BCUT2D eigenvalue weighted by Crippen LogP contribution is -2.50. The quantitative estimate of drug-likeness (QED) is 0.731. The Hall–Kier alpha value is -1.79. The average molecular weight is 447 g/mol. The van der Waals surface area contributed by atoms with Gasteiger partial charge in [0.2, 0.25) is 5.91 Å². The molecule has 27 heavy (non-hydrogen) atoms. The number of thioether (sulfide) groups is 1. The van der Waals surface area contributed by atoms with Gasteiger partial charge in [-0.05, 0) is 64.0 Å². The van der Waals surface area contributed by atoms with E-state index < -0.39 is 6.04 Å². The van der Waals surface area contributed by atoms with Crippen molar-refractivity contribution >= 4 is 39.5 Å². The molecule has 0 unspecified atom stereocenters. The van der Waals surface area contributed by atoms with Gasteiger partial charge in [-0.1, -0.05) is 36.4 Å². The molecule has 142 valence electrons. The largest absolute Gasteiger partial charge is 0.340 e. The number of nitrogens with zero attached hydrogens (tertiary/aromatic N) is 1. The molecular weight excluding hydrogens is 424 g/mol. The molecule has 1 heterocycles. The Labute approximate surface area is 172 Å². The summed E-state index contributed by atoms with van der Waals surface area (Å²) in [5.74, 6) is 0.593. The van der Waals surface area contributed by atoms with Crippen LogP contribution in [0.15, 0.2) is 53.0 Å². The predicted molar refractivity (Wildman–Crippen MR) is 114 cm³/mol. The van der Waals surface area contributed by atoms with Crippen LogP contribution in [0.5, 0.6) is 0 Å². The van der Waals surface area contributed by atoms with Gasteiger partial charge >= 0.3 is 0 Å². The molecule has 2 aromatic carbocycles. The monoisotopic (exact) mass is 446 g/mol. The van der Waals surface area contributed by atoms with Gasteiger partial charge in [0.15, 0.2) is 0 Å². The van der Waals surface area contributed by atoms with Crippen molar-refractivity contribution in [3.8, 4) is 0 Å². The lowest BCUT2D eigenvalue weighted by atomic mass is 9.99. The van der Waals surface area contributed by atoms with Gasteiger partial charge in [-0.15, -0.1) is 0 Å². The second-order valence-electron chi connectivity index (χ2n) is 6.57. The van der Waals surface area contributed by atoms with Gasteiger partial charge in [-0.2, -0.15) is 11.8 Å². The number of carbonyl (C=O) groups excluding carboxylic acids is 2. The minimum atomic E-state index is -0.512. The maximum absolute atomic E-state index is 13.2. The minimum absolute atomic E-state index is 0.000966. The summed E-state index contributed by atoms with van der Waals surface area (Å²) in [5, 5.41) is 2.96. The van der Waals surface area contributed by atoms with Crippen LogP contribution < -0.4 is 5.32 Å². The van der Waals surface area contributed by atoms with Gasteiger partial charge in [0.05, 0.1) is 5.56 Å². The van der Waals surface area contributed by atoms with Crippen molar-refractivity contribution in [1.29, 1.82) is 0 Å². The second-order valence-corrected chi connectivity index (χ2v) is 8.41. The van der Waals surface area contributed by atoms with E-state index in [1.807, 2.05) is 41.5 Å². The van der Waals surface area contributed by atoms with E-state index in [9.17, 15) is 9.59 Å². The third-order valence-corrected chi connectivity index (χ3v) is 6.11. The summed E-state index contributed by atoms with van der Waals surface area (Å²) in [6.07, 6.45) is 3.48. The average Bonchev–Trinajstić information content (AvgIpc) is 2.70. The van der Waals surface area contributed by atoms with Crippen LogP contribution in [0.25, 0.3) is 0 Å². The summed E-state index contributed by atoms with van der Waals surface area (Å²) in [6.45, 7) is 1.30. The van der Waals surface area contributed by atoms with E-state index in [1.54, 1.807) is 17.8 Å². The number of amides is 2. The zero-order chi connectivity index (χ0) is 19.2. The molecular formula is C21H23BrN2O2S. The van der Waals surface area contributed by atoms with Gasteiger partial charge in [0.1, 0.15) is 6.04 Å². The number of halogens is 1. The molecule has 2 amide bonds. The Bertz CT molecular complexity index is 827. The van der Waals surface area contributed by atoms with Gasteiger partial charge in [0, 0.05) is 17.6 Å². The van der Waals surface area contributed by atoms with Gasteiger partial charge in [0.25, 0.3) is 5.91 Å². The Kier molecular flexibility index (Phi) is 6.96. The van der Waals surface area contributed by atoms with Crippen molar-refractivity contribution in [1.82, 2.24) is 10.2 Å². The molecule has 0 bridgehead atoms. The highest BCUT2D eigenvalue weighted by molar-refractivity contribution is 9.10. The molecule has 0 saturated heterocycles. The molecule has 1 atom stereocenters. The first-order chi connectivity index (χ1) is 13.1. The van der Waals surface area contributed by atoms with Crippen LogP contribution in [0.2, 0.25) is 0 Å². The van der Waals surface area contributed by atoms with Gasteiger partial charge in [-0.3, -0.25) is 9.59 Å². The molecule has 0 spiro atoms. The van der Waals surface area contributed by atoms with Crippen LogP contribution >= 0.6 is 27.7 Å². The molecule has 1 aliphatic rings. The fourth-order valence-corrected chi connectivity index (χ4v) is 4.21. The van der Waals surface area contributed by atoms with E-state index in [0.29, 0.717) is 25.1 Å². The first-order valence-corrected chi connectivity index (χ1v) is 11.2. The summed E-state index contributed by atoms with van der Waals surface area (Å²) >= 11 is 5.09. The van der Waals surface area contributed by atoms with E-state index >= 15 is 0 Å². The number of carbonyl (C=O) groups is 2. The van der Waals surface area contributed by atoms with Crippen molar-refractivity contribution in [2.45, 2.75) is 25.4 Å². The van der Waals surface area contributed by atoms with Crippen LogP contribution in [0.3, 0.4) is 0 Å². The topological polar surface area (TPSA) is 49.4 Å². The lowest BCUT2D eigenvalue weighted by molar-refractivity contribution is -0.134. The number of nitrogens with one attached hydrogen (secondary N) is 1. The number of fused-ring (bicyclic) bond motifs is 1. The standard InChI is InChI=1S/C21H23BrN2O2S/c1-27-13-11-19(23-20(25)17-8-4-5-9-18(17)22)21(26)24-12-10-15-6-2-3-7-16(15)14-24/h2-9,19H,10-14H2,1H3,(H,23,25)/t19-/m0/s1. The lowest BCUT2D eigenvalue weighted by Gasteiger charge is -2.32. The fraction of sp³-hybridized carbons (Fsp3) is 0.333. The maximum atomic E-state index is 13.2. The first kappa shape index (κ1) is 20.0. The Morgan fingerprint density at radius 2 is 1.85 bits per heavy atom. The summed E-state index contributed by atoms with van der Waals surface area (Å²) in [6, 6.07) is 15.0. The molecule has 0 aliphatic carbocycles. The van der Waals surface area contributed by atoms with Crippen molar-refractivity contribution < 1.29 is 9.59 Å². The number of hydrogen-bond donors (Lipinski definition) is 1. The highest BCUT2D eigenvalue weighted by atomic mass is 79.9. The summed E-state index contributed by atoms with van der Waals surface area (Å²) in [5.41, 5.74) is 3.04. The normalized spacial score (nSPS) is 14.4. The highest BCUT2D eigenvalue weighted by Crippen LogP contribution is 2.21. The van der Waals surface area contributed by atoms with E-state index in [1.165, 1.54) is 11.1 Å². The molecule has 3 rings (SSSR count). The second kappa shape index (κ2) is 9.42. The molecule has 0 fully saturated rings. The van der Waals surface area contributed by atoms with Crippen LogP contribution in [0.1, 0.15) is 27.9 Å². The van der Waals surface area contributed by atoms with Crippen LogP contribution in [0, 0.1) is 0 Å². The molecule has 0 aromatic heterocycles. The highest BCUT2D eigenvalue weighted by Gasteiger charge is 2.28. The first-order valence-electron chi connectivity index (χ1n) is 9.00.